The van der Waals surface area contributed by atoms with Crippen molar-refractivity contribution in [2.45, 2.75) is 25.7 Å². The van der Waals surface area contributed by atoms with Crippen LogP contribution in [0.1, 0.15) is 29.3 Å². The first-order chi connectivity index (χ1) is 20.5. The number of aryl methyl sites for hydroxylation is 3. The number of carbonyl (C=O) groups is 1. The van der Waals surface area contributed by atoms with Crippen molar-refractivity contribution < 1.29 is 17.8 Å². The van der Waals surface area contributed by atoms with Gasteiger partial charge in [0.05, 0.1) is 16.3 Å². The van der Waals surface area contributed by atoms with Crippen molar-refractivity contribution in [3.63, 3.8) is 0 Å². The largest absolute Gasteiger partial charge is 0.326 e. The van der Waals surface area contributed by atoms with Gasteiger partial charge in [-0.3, -0.25) is 9.35 Å². The van der Waals surface area contributed by atoms with Crippen molar-refractivity contribution >= 4 is 50.4 Å². The maximum atomic E-state index is 12.0. The summed E-state index contributed by atoms with van der Waals surface area (Å²) >= 11 is 0. The van der Waals surface area contributed by atoms with Crippen LogP contribution in [0, 0.1) is 13.8 Å². The molecule has 0 saturated heterocycles. The van der Waals surface area contributed by atoms with E-state index < -0.39 is 10.1 Å². The van der Waals surface area contributed by atoms with Gasteiger partial charge in [-0.25, -0.2) is 19.7 Å². The highest BCUT2D eigenvalue weighted by Crippen LogP contribution is 2.32. The number of aromatic nitrogens is 4. The number of amidine groups is 2. The van der Waals surface area contributed by atoms with Gasteiger partial charge in [-0.2, -0.15) is 23.1 Å². The van der Waals surface area contributed by atoms with Crippen LogP contribution in [0.25, 0.3) is 17.0 Å². The van der Waals surface area contributed by atoms with E-state index in [1.807, 2.05) is 48.5 Å². The van der Waals surface area contributed by atoms with Crippen LogP contribution in [0.15, 0.2) is 92.7 Å². The Balaban J connectivity index is 1.54. The predicted octanol–water partition coefficient (Wildman–Crippen LogP) is 4.54. The minimum Gasteiger partial charge on any atom is -0.326 e. The van der Waals surface area contributed by atoms with Gasteiger partial charge in [0, 0.05) is 30.7 Å². The number of amides is 1. The molecule has 3 heterocycles. The minimum atomic E-state index is -4.43. The van der Waals surface area contributed by atoms with E-state index in [-0.39, 0.29) is 10.8 Å². The van der Waals surface area contributed by atoms with Crippen molar-refractivity contribution in [2.75, 3.05) is 5.32 Å². The lowest BCUT2D eigenvalue weighted by molar-refractivity contribution is -0.114. The molecule has 216 valence electrons. The van der Waals surface area contributed by atoms with Crippen molar-refractivity contribution in [1.82, 2.24) is 19.4 Å². The second-order valence-electron chi connectivity index (χ2n) is 10.1. The molecule has 0 saturated carbocycles. The number of fused-ring (bicyclic) bond motifs is 1. The third-order valence-electron chi connectivity index (χ3n) is 6.75. The molecule has 2 aromatic heterocycles. The summed E-state index contributed by atoms with van der Waals surface area (Å²) < 4.78 is 36.6. The summed E-state index contributed by atoms with van der Waals surface area (Å²) in [6, 6.07) is 21.3. The Morgan fingerprint density at radius 1 is 0.930 bits per heavy atom. The summed E-state index contributed by atoms with van der Waals surface area (Å²) in [6.45, 7) is 4.97. The molecule has 13 heteroatoms. The molecular weight excluding hydrogens is 568 g/mol. The third kappa shape index (κ3) is 5.27. The van der Waals surface area contributed by atoms with Gasteiger partial charge >= 0.3 is 0 Å². The van der Waals surface area contributed by atoms with E-state index in [1.165, 1.54) is 19.1 Å². The first kappa shape index (κ1) is 27.9. The van der Waals surface area contributed by atoms with Crippen LogP contribution in [-0.4, -0.2) is 55.7 Å². The first-order valence-corrected chi connectivity index (χ1v) is 14.6. The highest BCUT2D eigenvalue weighted by Gasteiger charge is 2.26. The fourth-order valence-corrected chi connectivity index (χ4v) is 5.53. The summed E-state index contributed by atoms with van der Waals surface area (Å²) in [6.07, 6.45) is 0. The lowest BCUT2D eigenvalue weighted by Crippen LogP contribution is -2.15. The number of hydrogen-bond donors (Lipinski definition) is 2. The highest BCUT2D eigenvalue weighted by molar-refractivity contribution is 7.85. The van der Waals surface area contributed by atoms with E-state index in [4.69, 9.17) is 15.0 Å². The van der Waals surface area contributed by atoms with E-state index in [0.717, 1.165) is 5.56 Å². The summed E-state index contributed by atoms with van der Waals surface area (Å²) in [4.78, 5) is 26.3. The molecule has 0 spiro atoms. The normalized spacial score (nSPS) is 14.3. The zero-order chi connectivity index (χ0) is 30.5. The molecular formula is C30H26N8O4S. The van der Waals surface area contributed by atoms with Crippen LogP contribution in [0.4, 0.5) is 11.4 Å². The second kappa shape index (κ2) is 10.5. The highest BCUT2D eigenvalue weighted by atomic mass is 32.2. The standard InChI is InChI=1S/C30H26N8O4S/c1-17-14-21(16-22(15-17)43(40,41)42)29-36-37(4)30-25(18(2)35-38(29)30)32-28-26(23-12-8-9-13-24(23)31-19(3)39)33-27(34-28)20-10-6-5-7-11-20/h5-16H,1-4H3,(H,31,39)(H,40,41,42). The van der Waals surface area contributed by atoms with Gasteiger partial charge < -0.3 is 5.32 Å². The molecule has 0 radical (unpaired) electrons. The molecule has 2 N–H and O–H groups in total. The first-order valence-electron chi connectivity index (χ1n) is 13.2. The average Bonchev–Trinajstić information content (AvgIpc) is 3.62. The Labute approximate surface area is 246 Å². The second-order valence-corrected chi connectivity index (χ2v) is 11.5. The van der Waals surface area contributed by atoms with Crippen LogP contribution in [0.5, 0.6) is 0 Å². The number of benzene rings is 3. The third-order valence-corrected chi connectivity index (χ3v) is 7.58. The molecule has 0 aliphatic carbocycles. The predicted molar refractivity (Wildman–Crippen MR) is 164 cm³/mol. The molecule has 1 aliphatic heterocycles. The Morgan fingerprint density at radius 2 is 1.65 bits per heavy atom. The maximum absolute atomic E-state index is 12.0. The summed E-state index contributed by atoms with van der Waals surface area (Å²) in [7, 11) is -2.70. The molecule has 1 amide bonds. The lowest BCUT2D eigenvalue weighted by atomic mass is 10.1. The van der Waals surface area contributed by atoms with Gasteiger partial charge in [-0.15, -0.1) is 0 Å². The van der Waals surface area contributed by atoms with Crippen LogP contribution >= 0.6 is 0 Å². The van der Waals surface area contributed by atoms with Gasteiger partial charge in [-0.05, 0) is 43.7 Å². The SMILES string of the molecule is CC(=O)Nc1ccccc1C1=NC(c2ccccc2)=NC1=Nc1c(C)nn2c(-c3cc(C)cc(S(=O)(=O)O)c3)nn(C)c12. The molecule has 0 unspecified atom stereocenters. The lowest BCUT2D eigenvalue weighted by Gasteiger charge is -2.09. The topological polar surface area (TPSA) is 156 Å². The van der Waals surface area contributed by atoms with Gasteiger partial charge in [0.2, 0.25) is 5.91 Å². The van der Waals surface area contributed by atoms with Crippen molar-refractivity contribution in [3.8, 4) is 11.4 Å². The van der Waals surface area contributed by atoms with Crippen LogP contribution in [-0.2, 0) is 22.0 Å². The fourth-order valence-electron chi connectivity index (χ4n) is 4.92. The van der Waals surface area contributed by atoms with E-state index in [1.54, 1.807) is 42.2 Å². The maximum Gasteiger partial charge on any atom is 0.294 e. The van der Waals surface area contributed by atoms with Gasteiger partial charge in [0.25, 0.3) is 10.1 Å². The Morgan fingerprint density at radius 3 is 2.37 bits per heavy atom. The minimum absolute atomic E-state index is 0.223. The quantitative estimate of drug-likeness (QED) is 0.275. The van der Waals surface area contributed by atoms with E-state index in [2.05, 4.69) is 15.5 Å². The number of aliphatic imine (C=N–C) groups is 3. The molecule has 5 aromatic rings. The van der Waals surface area contributed by atoms with Gasteiger partial charge in [0.15, 0.2) is 23.1 Å². The molecule has 0 fully saturated rings. The number of nitrogens with one attached hydrogen (secondary N) is 1. The molecule has 0 atom stereocenters. The zero-order valence-electron chi connectivity index (χ0n) is 23.6. The van der Waals surface area contributed by atoms with Gasteiger partial charge in [0.1, 0.15) is 11.4 Å². The Hall–Kier alpha value is -5.27. The summed E-state index contributed by atoms with van der Waals surface area (Å²) in [5.74, 6) is 0.932. The van der Waals surface area contributed by atoms with Gasteiger partial charge in [-0.1, -0.05) is 48.5 Å². The summed E-state index contributed by atoms with van der Waals surface area (Å²) in [5.41, 5.74) is 5.17. The Kier molecular flexibility index (Phi) is 6.83. The van der Waals surface area contributed by atoms with E-state index in [9.17, 15) is 17.8 Å². The molecule has 3 aromatic carbocycles. The summed E-state index contributed by atoms with van der Waals surface area (Å²) in [5, 5.41) is 12.1. The van der Waals surface area contributed by atoms with Crippen LogP contribution in [0.2, 0.25) is 0 Å². The number of hydrogen-bond acceptors (Lipinski definition) is 7. The smallest absolute Gasteiger partial charge is 0.294 e. The molecule has 1 aliphatic rings. The number of carbonyl (C=O) groups excluding carboxylic acids is 1. The van der Waals surface area contributed by atoms with Crippen molar-refractivity contribution in [2.24, 2.45) is 22.0 Å². The number of anilines is 1. The van der Waals surface area contributed by atoms with Crippen molar-refractivity contribution in [3.05, 3.63) is 95.2 Å². The molecule has 0 bridgehead atoms. The molecule has 12 nitrogen and oxygen atoms in total. The number of rotatable bonds is 6. The van der Waals surface area contributed by atoms with E-state index in [0.29, 0.717) is 62.6 Å². The number of nitrogens with zero attached hydrogens (tertiary/aromatic N) is 7. The number of para-hydroxylation sites is 1. The Bertz CT molecular complexity index is 2140. The van der Waals surface area contributed by atoms with Crippen molar-refractivity contribution in [1.29, 1.82) is 0 Å². The zero-order valence-corrected chi connectivity index (χ0v) is 24.5. The molecule has 43 heavy (non-hydrogen) atoms. The monoisotopic (exact) mass is 594 g/mol. The van der Waals surface area contributed by atoms with E-state index >= 15 is 0 Å². The van der Waals surface area contributed by atoms with Crippen LogP contribution < -0.4 is 5.32 Å². The van der Waals surface area contributed by atoms with Crippen LogP contribution in [0.3, 0.4) is 0 Å². The fraction of sp³-hybridized carbons (Fsp3) is 0.133. The molecule has 6 rings (SSSR count). The average molecular weight is 595 g/mol.